The minimum absolute atomic E-state index is 0.0370. The fourth-order valence-electron chi connectivity index (χ4n) is 4.48. The molecule has 3 aromatic rings. The number of anilines is 1. The minimum Gasteiger partial charge on any atom is -0.477 e. The summed E-state index contributed by atoms with van der Waals surface area (Å²) in [6.07, 6.45) is 2.28. The fourth-order valence-corrected chi connectivity index (χ4v) is 4.48. The average Bonchev–Trinajstić information content (AvgIpc) is 3.56. The first-order valence-corrected chi connectivity index (χ1v) is 10.2. The van der Waals surface area contributed by atoms with E-state index in [1.54, 1.807) is 6.07 Å². The highest BCUT2D eigenvalue weighted by molar-refractivity contribution is 5.93. The Balaban J connectivity index is 1.67. The third-order valence-electron chi connectivity index (χ3n) is 6.13. The smallest absolute Gasteiger partial charge is 0.341 e. The van der Waals surface area contributed by atoms with Crippen LogP contribution in [0.4, 0.5) is 10.1 Å². The Morgan fingerprint density at radius 2 is 1.87 bits per heavy atom. The van der Waals surface area contributed by atoms with E-state index in [1.807, 2.05) is 27.7 Å². The lowest BCUT2D eigenvalue weighted by Gasteiger charge is -2.30. The van der Waals surface area contributed by atoms with Gasteiger partial charge in [-0.3, -0.25) is 4.79 Å². The Morgan fingerprint density at radius 1 is 1.13 bits per heavy atom. The molecule has 0 amide bonds. The number of carbonyl (C=O) groups is 1. The van der Waals surface area contributed by atoms with Gasteiger partial charge < -0.3 is 19.9 Å². The first kappa shape index (κ1) is 18.8. The number of pyridine rings is 1. The van der Waals surface area contributed by atoms with Crippen molar-refractivity contribution in [3.8, 4) is 0 Å². The van der Waals surface area contributed by atoms with E-state index in [0.717, 1.165) is 19.5 Å². The van der Waals surface area contributed by atoms with Crippen LogP contribution < -0.4 is 15.6 Å². The number of fused-ring (bicyclic) bond motifs is 1. The summed E-state index contributed by atoms with van der Waals surface area (Å²) in [7, 11) is 0. The summed E-state index contributed by atoms with van der Waals surface area (Å²) in [5.41, 5.74) is 1.25. The van der Waals surface area contributed by atoms with Gasteiger partial charge in [0, 0.05) is 49.7 Å². The average molecular weight is 407 g/mol. The predicted octanol–water partition coefficient (Wildman–Crippen LogP) is 2.98. The van der Waals surface area contributed by atoms with E-state index in [9.17, 15) is 19.1 Å². The summed E-state index contributed by atoms with van der Waals surface area (Å²) in [5, 5.41) is 12.9. The Hall–Kier alpha value is -3.19. The van der Waals surface area contributed by atoms with E-state index in [1.165, 1.54) is 17.8 Å². The van der Waals surface area contributed by atoms with Crippen LogP contribution in [0.5, 0.6) is 0 Å². The summed E-state index contributed by atoms with van der Waals surface area (Å²) < 4.78 is 16.8. The van der Waals surface area contributed by atoms with Gasteiger partial charge in [-0.2, -0.15) is 0 Å². The number of benzene rings is 2. The molecule has 2 fully saturated rings. The van der Waals surface area contributed by atoms with Crippen molar-refractivity contribution in [2.75, 3.05) is 31.1 Å². The normalized spacial score (nSPS) is 21.0. The van der Waals surface area contributed by atoms with Crippen molar-refractivity contribution in [1.82, 2.24) is 9.88 Å². The molecule has 2 N–H and O–H groups in total. The summed E-state index contributed by atoms with van der Waals surface area (Å²) in [4.78, 5) is 26.4. The second kappa shape index (κ2) is 7.25. The minimum atomic E-state index is -1.29. The summed E-state index contributed by atoms with van der Waals surface area (Å²) in [6, 6.07) is 13.0. The molecular formula is C23H22FN3O3. The van der Waals surface area contributed by atoms with Crippen molar-refractivity contribution < 1.29 is 14.3 Å². The second-order valence-electron chi connectivity index (χ2n) is 7.96. The maximum atomic E-state index is 14.9. The molecule has 2 atom stereocenters. The third-order valence-corrected chi connectivity index (χ3v) is 6.13. The van der Waals surface area contributed by atoms with E-state index in [0.29, 0.717) is 24.3 Å². The van der Waals surface area contributed by atoms with Crippen LogP contribution in [0.25, 0.3) is 10.9 Å². The van der Waals surface area contributed by atoms with Gasteiger partial charge in [0.25, 0.3) is 0 Å². The number of aromatic carboxylic acids is 1. The Bertz CT molecular complexity index is 1190. The highest BCUT2D eigenvalue weighted by Crippen LogP contribution is 2.52. The molecule has 6 nitrogen and oxygen atoms in total. The van der Waals surface area contributed by atoms with Crippen molar-refractivity contribution >= 4 is 22.6 Å². The van der Waals surface area contributed by atoms with E-state index in [4.69, 9.17) is 0 Å². The number of halogens is 1. The van der Waals surface area contributed by atoms with Gasteiger partial charge in [-0.05, 0) is 24.1 Å². The van der Waals surface area contributed by atoms with E-state index in [-0.39, 0.29) is 22.9 Å². The van der Waals surface area contributed by atoms with Crippen LogP contribution in [-0.2, 0) is 0 Å². The summed E-state index contributed by atoms with van der Waals surface area (Å²) in [5.74, 6) is -1.55. The molecule has 1 unspecified atom stereocenters. The number of aromatic nitrogens is 1. The molecule has 2 aromatic carbocycles. The Labute approximate surface area is 172 Å². The zero-order chi connectivity index (χ0) is 20.8. The molecule has 0 spiro atoms. The number of nitrogens with zero attached hydrogens (tertiary/aromatic N) is 2. The highest BCUT2D eigenvalue weighted by atomic mass is 19.1. The fraction of sp³-hybridized carbons (Fsp3) is 0.304. The van der Waals surface area contributed by atoms with Crippen LogP contribution in [0.1, 0.15) is 34.3 Å². The molecule has 1 saturated heterocycles. The second-order valence-corrected chi connectivity index (χ2v) is 7.96. The maximum Gasteiger partial charge on any atom is 0.341 e. The standard InChI is InChI=1S/C23H22FN3O3/c24-18-10-16-20(12-21(18)26-8-6-25-7-9-26)27(13-17(22(16)28)23(29)30)19-11-15(19)14-4-2-1-3-5-14/h1-5,10,12-13,15,19,25H,6-9,11H2,(H,29,30)/t15-,19?/m1/s1. The molecule has 0 radical (unpaired) electrons. The molecular weight excluding hydrogens is 385 g/mol. The van der Waals surface area contributed by atoms with E-state index < -0.39 is 17.2 Å². The summed E-state index contributed by atoms with van der Waals surface area (Å²) in [6.45, 7) is 2.88. The quantitative estimate of drug-likeness (QED) is 0.696. The van der Waals surface area contributed by atoms with Gasteiger partial charge in [0.15, 0.2) is 0 Å². The first-order chi connectivity index (χ1) is 14.5. The molecule has 2 heterocycles. The number of hydrogen-bond acceptors (Lipinski definition) is 4. The molecule has 154 valence electrons. The van der Waals surface area contributed by atoms with Crippen LogP contribution in [-0.4, -0.2) is 41.8 Å². The van der Waals surface area contributed by atoms with Gasteiger partial charge >= 0.3 is 5.97 Å². The third kappa shape index (κ3) is 3.15. The zero-order valence-electron chi connectivity index (χ0n) is 16.3. The zero-order valence-corrected chi connectivity index (χ0v) is 16.3. The van der Waals surface area contributed by atoms with Crippen LogP contribution in [0, 0.1) is 5.82 Å². The van der Waals surface area contributed by atoms with E-state index >= 15 is 0 Å². The number of carboxylic acids is 1. The number of nitrogens with one attached hydrogen (secondary N) is 1. The van der Waals surface area contributed by atoms with Gasteiger partial charge in [0.1, 0.15) is 11.4 Å². The van der Waals surface area contributed by atoms with Crippen LogP contribution in [0.2, 0.25) is 0 Å². The van der Waals surface area contributed by atoms with Gasteiger partial charge in [0.05, 0.1) is 11.2 Å². The van der Waals surface area contributed by atoms with Crippen molar-refractivity contribution in [3.05, 3.63) is 75.8 Å². The molecule has 1 aromatic heterocycles. The van der Waals surface area contributed by atoms with Crippen LogP contribution in [0.3, 0.4) is 0 Å². The van der Waals surface area contributed by atoms with Crippen LogP contribution >= 0.6 is 0 Å². The molecule has 30 heavy (non-hydrogen) atoms. The SMILES string of the molecule is O=C(O)c1cn(C2C[C@@H]2c2ccccc2)c2cc(N3CCNCC3)c(F)cc2c1=O. The lowest BCUT2D eigenvalue weighted by molar-refractivity contribution is 0.0695. The molecule has 0 bridgehead atoms. The molecule has 5 rings (SSSR count). The van der Waals surface area contributed by atoms with Crippen molar-refractivity contribution in [3.63, 3.8) is 0 Å². The highest BCUT2D eigenvalue weighted by Gasteiger charge is 2.40. The van der Waals surface area contributed by atoms with Gasteiger partial charge in [0.2, 0.25) is 5.43 Å². The maximum absolute atomic E-state index is 14.9. The summed E-state index contributed by atoms with van der Waals surface area (Å²) >= 11 is 0. The lowest BCUT2D eigenvalue weighted by atomic mass is 10.1. The molecule has 1 saturated carbocycles. The molecule has 1 aliphatic heterocycles. The van der Waals surface area contributed by atoms with E-state index in [2.05, 4.69) is 17.4 Å². The van der Waals surface area contributed by atoms with Gasteiger partial charge in [-0.15, -0.1) is 0 Å². The Kier molecular flexibility index (Phi) is 4.55. The number of piperazine rings is 1. The van der Waals surface area contributed by atoms with Crippen LogP contribution in [0.15, 0.2) is 53.5 Å². The van der Waals surface area contributed by atoms with Crippen molar-refractivity contribution in [2.24, 2.45) is 0 Å². The molecule has 1 aliphatic carbocycles. The number of carboxylic acid groups (broad SMARTS) is 1. The number of hydrogen-bond donors (Lipinski definition) is 2. The van der Waals surface area contributed by atoms with Gasteiger partial charge in [-0.25, -0.2) is 9.18 Å². The Morgan fingerprint density at radius 3 is 2.57 bits per heavy atom. The van der Waals surface area contributed by atoms with Gasteiger partial charge in [-0.1, -0.05) is 30.3 Å². The first-order valence-electron chi connectivity index (χ1n) is 10.2. The molecule has 7 heteroatoms. The lowest BCUT2D eigenvalue weighted by Crippen LogP contribution is -2.43. The predicted molar refractivity (Wildman–Crippen MR) is 113 cm³/mol. The topological polar surface area (TPSA) is 74.6 Å². The molecule has 2 aliphatic rings. The van der Waals surface area contributed by atoms with Crippen molar-refractivity contribution in [1.29, 1.82) is 0 Å². The largest absolute Gasteiger partial charge is 0.477 e. The number of rotatable bonds is 4. The monoisotopic (exact) mass is 407 g/mol. The van der Waals surface area contributed by atoms with Crippen molar-refractivity contribution in [2.45, 2.75) is 18.4 Å².